The number of aryl methyl sites for hydroxylation is 1. The molecule has 1 unspecified atom stereocenters. The first-order valence-corrected chi connectivity index (χ1v) is 7.89. The first kappa shape index (κ1) is 14.1. The van der Waals surface area contributed by atoms with Crippen LogP contribution in [0.2, 0.25) is 0 Å². The molecule has 0 amide bonds. The van der Waals surface area contributed by atoms with Crippen molar-refractivity contribution in [2.75, 3.05) is 0 Å². The molecule has 3 heteroatoms. The number of hydrogen-bond donors (Lipinski definition) is 1. The molecule has 1 atom stereocenters. The molecule has 1 heterocycles. The van der Waals surface area contributed by atoms with Gasteiger partial charge in [0.05, 0.1) is 6.10 Å². The molecule has 2 nitrogen and oxygen atoms in total. The Kier molecular flexibility index (Phi) is 3.95. The summed E-state index contributed by atoms with van der Waals surface area (Å²) in [5.74, 6) is 0.870. The van der Waals surface area contributed by atoms with Crippen LogP contribution in [0.25, 0.3) is 10.1 Å². The lowest BCUT2D eigenvalue weighted by molar-refractivity contribution is 0.199. The minimum atomic E-state index is -0.446. The topological polar surface area (TPSA) is 29.5 Å². The van der Waals surface area contributed by atoms with Crippen LogP contribution in [-0.2, 0) is 6.61 Å². The number of thiophene rings is 1. The van der Waals surface area contributed by atoms with Gasteiger partial charge in [0, 0.05) is 10.3 Å². The maximum absolute atomic E-state index is 9.60. The molecule has 0 aliphatic carbocycles. The van der Waals surface area contributed by atoms with E-state index in [0.29, 0.717) is 6.61 Å². The van der Waals surface area contributed by atoms with E-state index in [1.54, 1.807) is 18.3 Å². The molecule has 0 saturated heterocycles. The number of fused-ring (bicyclic) bond motifs is 1. The highest BCUT2D eigenvalue weighted by molar-refractivity contribution is 7.17. The third-order valence-corrected chi connectivity index (χ3v) is 4.64. The Hall–Kier alpha value is -1.84. The summed E-state index contributed by atoms with van der Waals surface area (Å²) in [6.45, 7) is 4.35. The van der Waals surface area contributed by atoms with Crippen LogP contribution < -0.4 is 4.74 Å². The minimum absolute atomic E-state index is 0.446. The summed E-state index contributed by atoms with van der Waals surface area (Å²) in [6, 6.07) is 14.2. The lowest BCUT2D eigenvalue weighted by Gasteiger charge is -2.11. The lowest BCUT2D eigenvalue weighted by Crippen LogP contribution is -1.98. The predicted octanol–water partition coefficient (Wildman–Crippen LogP) is 4.84. The zero-order valence-electron chi connectivity index (χ0n) is 12.2. The van der Waals surface area contributed by atoms with E-state index in [2.05, 4.69) is 29.6 Å². The normalized spacial score (nSPS) is 12.5. The van der Waals surface area contributed by atoms with Crippen molar-refractivity contribution in [3.05, 3.63) is 64.5 Å². The van der Waals surface area contributed by atoms with Gasteiger partial charge in [-0.15, -0.1) is 11.3 Å². The van der Waals surface area contributed by atoms with E-state index in [4.69, 9.17) is 4.74 Å². The van der Waals surface area contributed by atoms with Gasteiger partial charge < -0.3 is 9.84 Å². The van der Waals surface area contributed by atoms with Crippen molar-refractivity contribution >= 4 is 21.4 Å². The van der Waals surface area contributed by atoms with Gasteiger partial charge >= 0.3 is 0 Å². The molecule has 0 radical (unpaired) electrons. The van der Waals surface area contributed by atoms with Crippen LogP contribution in [0.1, 0.15) is 29.7 Å². The fourth-order valence-corrected chi connectivity index (χ4v) is 3.34. The molecule has 0 saturated carbocycles. The predicted molar refractivity (Wildman–Crippen MR) is 88.0 cm³/mol. The van der Waals surface area contributed by atoms with Gasteiger partial charge in [-0.1, -0.05) is 24.3 Å². The third kappa shape index (κ3) is 2.94. The van der Waals surface area contributed by atoms with Gasteiger partial charge in [-0.2, -0.15) is 0 Å². The maximum Gasteiger partial charge on any atom is 0.122 e. The molecule has 2 aromatic carbocycles. The minimum Gasteiger partial charge on any atom is -0.489 e. The zero-order chi connectivity index (χ0) is 14.8. The van der Waals surface area contributed by atoms with Crippen LogP contribution in [-0.4, -0.2) is 5.11 Å². The summed E-state index contributed by atoms with van der Waals surface area (Å²) in [7, 11) is 0. The largest absolute Gasteiger partial charge is 0.489 e. The van der Waals surface area contributed by atoms with Gasteiger partial charge in [-0.25, -0.2) is 0 Å². The fraction of sp³-hybridized carbons (Fsp3) is 0.222. The highest BCUT2D eigenvalue weighted by Crippen LogP contribution is 2.28. The molecule has 0 spiro atoms. The molecule has 3 rings (SSSR count). The second kappa shape index (κ2) is 5.88. The summed E-state index contributed by atoms with van der Waals surface area (Å²) in [4.78, 5) is 0. The first-order chi connectivity index (χ1) is 10.1. The highest BCUT2D eigenvalue weighted by atomic mass is 32.1. The summed E-state index contributed by atoms with van der Waals surface area (Å²) in [5.41, 5.74) is 3.18. The summed E-state index contributed by atoms with van der Waals surface area (Å²) >= 11 is 1.75. The molecule has 21 heavy (non-hydrogen) atoms. The SMILES string of the molecule is Cc1cc(C(C)O)ccc1OCc1csc2ccccc12. The van der Waals surface area contributed by atoms with E-state index in [1.807, 2.05) is 25.1 Å². The Morgan fingerprint density at radius 3 is 2.76 bits per heavy atom. The van der Waals surface area contributed by atoms with Crippen LogP contribution in [0.3, 0.4) is 0 Å². The molecule has 0 aliphatic rings. The summed E-state index contributed by atoms with van der Waals surface area (Å²) in [6.07, 6.45) is -0.446. The Morgan fingerprint density at radius 1 is 1.19 bits per heavy atom. The van der Waals surface area contributed by atoms with Crippen molar-refractivity contribution in [1.29, 1.82) is 0 Å². The molecule has 108 valence electrons. The Morgan fingerprint density at radius 2 is 2.00 bits per heavy atom. The summed E-state index contributed by atoms with van der Waals surface area (Å²) < 4.78 is 7.24. The Balaban J connectivity index is 1.79. The van der Waals surface area contributed by atoms with Crippen molar-refractivity contribution in [3.8, 4) is 5.75 Å². The lowest BCUT2D eigenvalue weighted by atomic mass is 10.1. The molecular weight excluding hydrogens is 280 g/mol. The van der Waals surface area contributed by atoms with Crippen LogP contribution in [0.5, 0.6) is 5.75 Å². The van der Waals surface area contributed by atoms with Crippen molar-refractivity contribution in [2.45, 2.75) is 26.6 Å². The van der Waals surface area contributed by atoms with E-state index < -0.39 is 6.10 Å². The molecule has 0 bridgehead atoms. The van der Waals surface area contributed by atoms with E-state index >= 15 is 0 Å². The average Bonchev–Trinajstić information content (AvgIpc) is 2.89. The highest BCUT2D eigenvalue weighted by Gasteiger charge is 2.07. The number of aliphatic hydroxyl groups excluding tert-OH is 1. The molecule has 3 aromatic rings. The van der Waals surface area contributed by atoms with Gasteiger partial charge in [-0.3, -0.25) is 0 Å². The molecule has 0 aliphatic heterocycles. The fourth-order valence-electron chi connectivity index (χ4n) is 2.39. The zero-order valence-corrected chi connectivity index (χ0v) is 13.0. The standard InChI is InChI=1S/C18H18O2S/c1-12-9-14(13(2)19)7-8-17(12)20-10-15-11-21-18-6-4-3-5-16(15)18/h3-9,11,13,19H,10H2,1-2H3. The molecule has 0 fully saturated rings. The van der Waals surface area contributed by atoms with Crippen LogP contribution in [0, 0.1) is 6.92 Å². The maximum atomic E-state index is 9.60. The van der Waals surface area contributed by atoms with E-state index in [-0.39, 0.29) is 0 Å². The number of hydrogen-bond acceptors (Lipinski definition) is 3. The van der Waals surface area contributed by atoms with Crippen molar-refractivity contribution < 1.29 is 9.84 Å². The Labute approximate surface area is 128 Å². The van der Waals surface area contributed by atoms with Crippen LogP contribution in [0.4, 0.5) is 0 Å². The number of aliphatic hydroxyl groups is 1. The number of benzene rings is 2. The first-order valence-electron chi connectivity index (χ1n) is 7.01. The third-order valence-electron chi connectivity index (χ3n) is 3.63. The average molecular weight is 298 g/mol. The van der Waals surface area contributed by atoms with Crippen LogP contribution >= 0.6 is 11.3 Å². The quantitative estimate of drug-likeness (QED) is 0.746. The van der Waals surface area contributed by atoms with Gasteiger partial charge in [0.2, 0.25) is 0 Å². The van der Waals surface area contributed by atoms with Crippen molar-refractivity contribution in [3.63, 3.8) is 0 Å². The van der Waals surface area contributed by atoms with Gasteiger partial charge in [0.25, 0.3) is 0 Å². The van der Waals surface area contributed by atoms with E-state index in [9.17, 15) is 5.11 Å². The van der Waals surface area contributed by atoms with Crippen LogP contribution in [0.15, 0.2) is 47.8 Å². The van der Waals surface area contributed by atoms with Gasteiger partial charge in [0.15, 0.2) is 0 Å². The van der Waals surface area contributed by atoms with Crippen molar-refractivity contribution in [1.82, 2.24) is 0 Å². The summed E-state index contributed by atoms with van der Waals surface area (Å²) in [5, 5.41) is 13.0. The smallest absolute Gasteiger partial charge is 0.122 e. The molecular formula is C18H18O2S. The van der Waals surface area contributed by atoms with Gasteiger partial charge in [-0.05, 0) is 53.9 Å². The molecule has 1 aromatic heterocycles. The van der Waals surface area contributed by atoms with Crippen molar-refractivity contribution in [2.24, 2.45) is 0 Å². The van der Waals surface area contributed by atoms with E-state index in [0.717, 1.165) is 16.9 Å². The monoisotopic (exact) mass is 298 g/mol. The second-order valence-electron chi connectivity index (χ2n) is 5.25. The number of ether oxygens (including phenoxy) is 1. The number of rotatable bonds is 4. The Bertz CT molecular complexity index is 759. The second-order valence-corrected chi connectivity index (χ2v) is 6.16. The van der Waals surface area contributed by atoms with Gasteiger partial charge in [0.1, 0.15) is 12.4 Å². The van der Waals surface area contributed by atoms with E-state index in [1.165, 1.54) is 15.6 Å². The molecule has 1 N–H and O–H groups in total.